The molecule has 4 aliphatic rings. The molecule has 3 fully saturated rings. The van der Waals surface area contributed by atoms with Crippen LogP contribution in [0.1, 0.15) is 51.9 Å². The van der Waals surface area contributed by atoms with E-state index in [4.69, 9.17) is 9.47 Å². The summed E-state index contributed by atoms with van der Waals surface area (Å²) in [5, 5.41) is 6.20. The van der Waals surface area contributed by atoms with Crippen molar-refractivity contribution < 1.29 is 23.9 Å². The second kappa shape index (κ2) is 11.7. The molecule has 0 unspecified atom stereocenters. The number of methoxy groups -OCH3 is 1. The number of rotatable bonds is 11. The number of carbonyl (C=O) groups is 3. The van der Waals surface area contributed by atoms with Gasteiger partial charge in [-0.15, -0.1) is 0 Å². The normalized spacial score (nSPS) is 29.6. The number of nitrogens with one attached hydrogen (secondary N) is 2. The van der Waals surface area contributed by atoms with Crippen LogP contribution in [0, 0.1) is 11.8 Å². The van der Waals surface area contributed by atoms with E-state index in [9.17, 15) is 14.4 Å². The molecule has 5 rings (SSSR count). The maximum atomic E-state index is 14.1. The monoisotopic (exact) mass is 538 g/mol. The Labute approximate surface area is 231 Å². The number of benzene rings is 1. The summed E-state index contributed by atoms with van der Waals surface area (Å²) >= 11 is 0. The third kappa shape index (κ3) is 5.31. The van der Waals surface area contributed by atoms with Crippen LogP contribution in [0.4, 0.5) is 5.69 Å². The van der Waals surface area contributed by atoms with Crippen molar-refractivity contribution in [2.45, 2.75) is 75.7 Å². The van der Waals surface area contributed by atoms with Crippen molar-refractivity contribution in [3.63, 3.8) is 0 Å². The molecule has 9 nitrogen and oxygen atoms in total. The number of carbonyl (C=O) groups excluding carboxylic acids is 3. The highest BCUT2D eigenvalue weighted by molar-refractivity contribution is 6.02. The lowest BCUT2D eigenvalue weighted by Crippen LogP contribution is -2.57. The van der Waals surface area contributed by atoms with Crippen molar-refractivity contribution in [3.8, 4) is 5.75 Å². The van der Waals surface area contributed by atoms with Crippen molar-refractivity contribution in [3.05, 3.63) is 36.4 Å². The van der Waals surface area contributed by atoms with E-state index in [1.807, 2.05) is 19.2 Å². The number of likely N-dealkylation sites (tertiary alicyclic amines) is 1. The van der Waals surface area contributed by atoms with E-state index in [0.717, 1.165) is 45.1 Å². The average Bonchev–Trinajstić information content (AvgIpc) is 3.58. The summed E-state index contributed by atoms with van der Waals surface area (Å²) in [5.41, 5.74) is -0.551. The standard InChI is InChI=1S/C30H42N4O5/c1-4-5-16-33(2)17-18-34-26(28(36)31-20-10-7-6-8-11-20)30-15-14-23(39-30)24(25(30)29(34)37)27(35)32-21-12-9-13-22(19-21)38-3/h9,12-15,19-20,23-26H,4-8,10-11,16-18H2,1-3H3,(H,31,36)(H,32,35)/t23-,24-,25-,26-,30-/m0/s1. The number of amides is 3. The van der Waals surface area contributed by atoms with Crippen LogP contribution in [-0.4, -0.2) is 85.1 Å². The van der Waals surface area contributed by atoms with Gasteiger partial charge in [-0.1, -0.05) is 50.8 Å². The molecular formula is C30H42N4O5. The Morgan fingerprint density at radius 2 is 1.97 bits per heavy atom. The van der Waals surface area contributed by atoms with Crippen LogP contribution < -0.4 is 15.4 Å². The highest BCUT2D eigenvalue weighted by atomic mass is 16.5. The maximum absolute atomic E-state index is 14.1. The number of likely N-dealkylation sites (N-methyl/N-ethyl adjacent to an activating group) is 1. The van der Waals surface area contributed by atoms with Crippen LogP contribution in [0.3, 0.4) is 0 Å². The molecule has 212 valence electrons. The van der Waals surface area contributed by atoms with Gasteiger partial charge in [-0.05, 0) is 45.0 Å². The molecule has 5 atom stereocenters. The van der Waals surface area contributed by atoms with Gasteiger partial charge in [0.05, 0.1) is 25.0 Å². The Bertz CT molecular complexity index is 1100. The molecule has 1 aromatic rings. The van der Waals surface area contributed by atoms with Crippen LogP contribution in [-0.2, 0) is 19.1 Å². The minimum Gasteiger partial charge on any atom is -0.497 e. The number of hydrogen-bond acceptors (Lipinski definition) is 6. The molecule has 1 aliphatic carbocycles. The zero-order valence-electron chi connectivity index (χ0n) is 23.4. The van der Waals surface area contributed by atoms with E-state index in [0.29, 0.717) is 24.5 Å². The third-order valence-corrected chi connectivity index (χ3v) is 8.83. The van der Waals surface area contributed by atoms with E-state index >= 15 is 0 Å². The largest absolute Gasteiger partial charge is 0.497 e. The van der Waals surface area contributed by atoms with E-state index < -0.39 is 29.6 Å². The van der Waals surface area contributed by atoms with Crippen molar-refractivity contribution >= 4 is 23.4 Å². The van der Waals surface area contributed by atoms with E-state index in [2.05, 4.69) is 22.5 Å². The fourth-order valence-electron chi connectivity index (χ4n) is 6.78. The Balaban J connectivity index is 1.40. The number of anilines is 1. The molecule has 1 aromatic carbocycles. The zero-order valence-corrected chi connectivity index (χ0v) is 23.4. The summed E-state index contributed by atoms with van der Waals surface area (Å²) < 4.78 is 11.7. The Morgan fingerprint density at radius 1 is 1.18 bits per heavy atom. The van der Waals surface area contributed by atoms with Crippen LogP contribution in [0.15, 0.2) is 36.4 Å². The molecule has 2 saturated heterocycles. The van der Waals surface area contributed by atoms with Gasteiger partial charge >= 0.3 is 0 Å². The van der Waals surface area contributed by atoms with Gasteiger partial charge < -0.3 is 29.9 Å². The number of hydrogen-bond donors (Lipinski definition) is 2. The van der Waals surface area contributed by atoms with Gasteiger partial charge in [0.25, 0.3) is 0 Å². The Morgan fingerprint density at radius 3 is 2.72 bits per heavy atom. The number of ether oxygens (including phenoxy) is 2. The lowest BCUT2D eigenvalue weighted by molar-refractivity contribution is -0.141. The van der Waals surface area contributed by atoms with Gasteiger partial charge in [-0.3, -0.25) is 14.4 Å². The first kappa shape index (κ1) is 27.6. The average molecular weight is 539 g/mol. The van der Waals surface area contributed by atoms with Gasteiger partial charge in [0.2, 0.25) is 17.7 Å². The topological polar surface area (TPSA) is 100 Å². The number of nitrogens with zero attached hydrogens (tertiary/aromatic N) is 2. The number of unbranched alkanes of at least 4 members (excludes halogenated alkanes) is 1. The predicted molar refractivity (Wildman–Crippen MR) is 148 cm³/mol. The van der Waals surface area contributed by atoms with E-state index in [-0.39, 0.29) is 23.8 Å². The van der Waals surface area contributed by atoms with Gasteiger partial charge in [-0.2, -0.15) is 0 Å². The molecule has 3 heterocycles. The smallest absolute Gasteiger partial charge is 0.246 e. The van der Waals surface area contributed by atoms with Gasteiger partial charge in [-0.25, -0.2) is 0 Å². The summed E-state index contributed by atoms with van der Waals surface area (Å²) in [6.45, 7) is 4.14. The molecule has 1 saturated carbocycles. The summed E-state index contributed by atoms with van der Waals surface area (Å²) in [4.78, 5) is 45.5. The van der Waals surface area contributed by atoms with Gasteiger partial charge in [0, 0.05) is 30.9 Å². The lowest BCUT2D eigenvalue weighted by atomic mass is 9.74. The molecule has 1 spiro atoms. The maximum Gasteiger partial charge on any atom is 0.246 e. The van der Waals surface area contributed by atoms with E-state index in [1.165, 1.54) is 6.42 Å². The minimum absolute atomic E-state index is 0.112. The predicted octanol–water partition coefficient (Wildman–Crippen LogP) is 2.97. The van der Waals surface area contributed by atoms with Crippen molar-refractivity contribution in [2.24, 2.45) is 11.8 Å². The second-order valence-corrected chi connectivity index (χ2v) is 11.5. The van der Waals surface area contributed by atoms with Gasteiger partial charge in [0.1, 0.15) is 17.4 Å². The SMILES string of the molecule is CCCCN(C)CCN1C(=O)[C@@H]2[C@@H](C(=O)Nc3cccc(OC)c3)[C@@H]3C=C[C@@]2(O3)[C@@H]1C(=O)NC1CCCCC1. The zero-order chi connectivity index (χ0) is 27.6. The summed E-state index contributed by atoms with van der Waals surface area (Å²) in [5.74, 6) is -1.48. The van der Waals surface area contributed by atoms with Crippen molar-refractivity contribution in [1.82, 2.24) is 15.1 Å². The van der Waals surface area contributed by atoms with Crippen LogP contribution in [0.5, 0.6) is 5.75 Å². The highest BCUT2D eigenvalue weighted by Crippen LogP contribution is 2.55. The number of fused-ring (bicyclic) bond motifs is 1. The molecule has 2 N–H and O–H groups in total. The summed E-state index contributed by atoms with van der Waals surface area (Å²) in [6.07, 6.45) is 10.6. The molecule has 3 aliphatic heterocycles. The first-order valence-corrected chi connectivity index (χ1v) is 14.5. The summed E-state index contributed by atoms with van der Waals surface area (Å²) in [6, 6.07) is 6.45. The fourth-order valence-corrected chi connectivity index (χ4v) is 6.78. The molecule has 9 heteroatoms. The second-order valence-electron chi connectivity index (χ2n) is 11.5. The third-order valence-electron chi connectivity index (χ3n) is 8.83. The molecule has 0 radical (unpaired) electrons. The first-order valence-electron chi connectivity index (χ1n) is 14.5. The molecule has 0 aromatic heterocycles. The Hall–Kier alpha value is -2.91. The first-order chi connectivity index (χ1) is 18.9. The Kier molecular flexibility index (Phi) is 8.28. The van der Waals surface area contributed by atoms with Crippen molar-refractivity contribution in [2.75, 3.05) is 39.1 Å². The minimum atomic E-state index is -1.14. The van der Waals surface area contributed by atoms with Crippen molar-refractivity contribution in [1.29, 1.82) is 0 Å². The van der Waals surface area contributed by atoms with E-state index in [1.54, 1.807) is 36.3 Å². The van der Waals surface area contributed by atoms with Crippen LogP contribution in [0.2, 0.25) is 0 Å². The lowest BCUT2D eigenvalue weighted by Gasteiger charge is -2.34. The fraction of sp³-hybridized carbons (Fsp3) is 0.633. The highest BCUT2D eigenvalue weighted by Gasteiger charge is 2.72. The molecular weight excluding hydrogens is 496 g/mol. The quantitative estimate of drug-likeness (QED) is 0.420. The molecule has 3 amide bonds. The molecule has 2 bridgehead atoms. The summed E-state index contributed by atoms with van der Waals surface area (Å²) in [7, 11) is 3.61. The van der Waals surface area contributed by atoms with Crippen LogP contribution >= 0.6 is 0 Å². The molecule has 39 heavy (non-hydrogen) atoms. The van der Waals surface area contributed by atoms with Crippen LogP contribution in [0.25, 0.3) is 0 Å². The van der Waals surface area contributed by atoms with Gasteiger partial charge in [0.15, 0.2) is 0 Å².